The van der Waals surface area contributed by atoms with E-state index in [4.69, 9.17) is 5.73 Å². The molecule has 1 heterocycles. The fourth-order valence-electron chi connectivity index (χ4n) is 2.77. The van der Waals surface area contributed by atoms with E-state index in [-0.39, 0.29) is 5.95 Å². The van der Waals surface area contributed by atoms with Crippen LogP contribution in [0.4, 0.5) is 17.8 Å². The molecule has 6 nitrogen and oxygen atoms in total. The van der Waals surface area contributed by atoms with Crippen molar-refractivity contribution in [1.29, 1.82) is 0 Å². The molecule has 0 aliphatic heterocycles. The first-order valence-electron chi connectivity index (χ1n) is 7.72. The van der Waals surface area contributed by atoms with Crippen molar-refractivity contribution < 1.29 is 0 Å². The number of thioether (sulfide) groups is 1. The quantitative estimate of drug-likeness (QED) is 0.835. The summed E-state index contributed by atoms with van der Waals surface area (Å²) in [6.45, 7) is 5.89. The molecule has 7 heteroatoms. The molecule has 21 heavy (non-hydrogen) atoms. The molecule has 0 bridgehead atoms. The Kier molecular flexibility index (Phi) is 5.90. The molecule has 0 saturated heterocycles. The molecule has 3 N–H and O–H groups in total. The maximum atomic E-state index is 5.83. The first-order chi connectivity index (χ1) is 10.2. The molecule has 1 fully saturated rings. The summed E-state index contributed by atoms with van der Waals surface area (Å²) in [5.41, 5.74) is 5.83. The molecule has 0 spiro atoms. The molecule has 0 amide bonds. The molecule has 1 aliphatic rings. The smallest absolute Gasteiger partial charge is 0.231 e. The summed E-state index contributed by atoms with van der Waals surface area (Å²) >= 11 is 1.95. The molecule has 0 aromatic carbocycles. The van der Waals surface area contributed by atoms with Crippen LogP contribution in [0.15, 0.2) is 0 Å². The predicted molar refractivity (Wildman–Crippen MR) is 91.0 cm³/mol. The maximum Gasteiger partial charge on any atom is 0.231 e. The molecule has 1 aromatic rings. The van der Waals surface area contributed by atoms with Crippen molar-refractivity contribution in [2.24, 2.45) is 0 Å². The number of nitrogens with one attached hydrogen (secondary N) is 1. The van der Waals surface area contributed by atoms with Gasteiger partial charge in [-0.3, -0.25) is 0 Å². The average Bonchev–Trinajstić information content (AvgIpc) is 2.48. The highest BCUT2D eigenvalue weighted by Crippen LogP contribution is 2.28. The Labute approximate surface area is 131 Å². The summed E-state index contributed by atoms with van der Waals surface area (Å²) in [7, 11) is 0. The van der Waals surface area contributed by atoms with E-state index >= 15 is 0 Å². The highest BCUT2D eigenvalue weighted by molar-refractivity contribution is 7.99. The summed E-state index contributed by atoms with van der Waals surface area (Å²) in [6, 6.07) is 0.433. The summed E-state index contributed by atoms with van der Waals surface area (Å²) < 4.78 is 0. The molecular weight excluding hydrogens is 284 g/mol. The SMILES string of the molecule is CCN(CC)c1nc(N)nc(NC2CCCC(SC)C2)n1. The van der Waals surface area contributed by atoms with Gasteiger partial charge in [0.15, 0.2) is 0 Å². The van der Waals surface area contributed by atoms with Crippen molar-refractivity contribution in [1.82, 2.24) is 15.0 Å². The third-order valence-electron chi connectivity index (χ3n) is 3.98. The number of nitrogens with zero attached hydrogens (tertiary/aromatic N) is 4. The Morgan fingerprint density at radius 3 is 2.67 bits per heavy atom. The summed E-state index contributed by atoms with van der Waals surface area (Å²) in [5, 5.41) is 4.18. The first kappa shape index (κ1) is 16.1. The van der Waals surface area contributed by atoms with Crippen LogP contribution in [0, 0.1) is 0 Å². The van der Waals surface area contributed by atoms with E-state index in [0.29, 0.717) is 17.9 Å². The van der Waals surface area contributed by atoms with Gasteiger partial charge in [-0.25, -0.2) is 0 Å². The Balaban J connectivity index is 2.09. The maximum absolute atomic E-state index is 5.83. The van der Waals surface area contributed by atoms with Gasteiger partial charge in [-0.05, 0) is 39.4 Å². The largest absolute Gasteiger partial charge is 0.368 e. The van der Waals surface area contributed by atoms with E-state index in [1.54, 1.807) is 0 Å². The zero-order chi connectivity index (χ0) is 15.2. The van der Waals surface area contributed by atoms with E-state index < -0.39 is 0 Å². The van der Waals surface area contributed by atoms with Gasteiger partial charge in [0.05, 0.1) is 0 Å². The summed E-state index contributed by atoms with van der Waals surface area (Å²) in [5.74, 6) is 1.55. The van der Waals surface area contributed by atoms with E-state index in [0.717, 1.165) is 24.8 Å². The minimum absolute atomic E-state index is 0.284. The zero-order valence-corrected chi connectivity index (χ0v) is 14.0. The van der Waals surface area contributed by atoms with Gasteiger partial charge in [0.1, 0.15) is 0 Å². The van der Waals surface area contributed by atoms with Gasteiger partial charge < -0.3 is 16.0 Å². The van der Waals surface area contributed by atoms with Crippen molar-refractivity contribution in [3.63, 3.8) is 0 Å². The molecule has 2 atom stereocenters. The third-order valence-corrected chi connectivity index (χ3v) is 5.07. The normalized spacial score (nSPS) is 22.0. The number of rotatable bonds is 6. The Morgan fingerprint density at radius 1 is 1.24 bits per heavy atom. The predicted octanol–water partition coefficient (Wildman–Crippen LogP) is 2.39. The molecule has 0 radical (unpaired) electrons. The molecule has 2 rings (SSSR count). The molecule has 2 unspecified atom stereocenters. The Morgan fingerprint density at radius 2 is 2.00 bits per heavy atom. The van der Waals surface area contributed by atoms with Crippen molar-refractivity contribution in [3.8, 4) is 0 Å². The number of nitrogen functional groups attached to an aromatic ring is 1. The van der Waals surface area contributed by atoms with Gasteiger partial charge in [-0.2, -0.15) is 26.7 Å². The number of hydrogen-bond acceptors (Lipinski definition) is 7. The highest BCUT2D eigenvalue weighted by Gasteiger charge is 2.22. The van der Waals surface area contributed by atoms with Crippen LogP contribution in [-0.2, 0) is 0 Å². The van der Waals surface area contributed by atoms with Crippen LogP contribution < -0.4 is 16.0 Å². The van der Waals surface area contributed by atoms with Crippen LogP contribution in [0.5, 0.6) is 0 Å². The molecular formula is C14H26N6S. The average molecular weight is 310 g/mol. The lowest BCUT2D eigenvalue weighted by molar-refractivity contribution is 0.471. The second-order valence-corrected chi connectivity index (χ2v) is 6.49. The van der Waals surface area contributed by atoms with Gasteiger partial charge in [0, 0.05) is 24.4 Å². The zero-order valence-electron chi connectivity index (χ0n) is 13.2. The van der Waals surface area contributed by atoms with E-state index in [2.05, 4.69) is 45.3 Å². The fraction of sp³-hybridized carbons (Fsp3) is 0.786. The topological polar surface area (TPSA) is 80.0 Å². The number of anilines is 3. The van der Waals surface area contributed by atoms with Crippen molar-refractivity contribution in [2.75, 3.05) is 35.3 Å². The highest BCUT2D eigenvalue weighted by atomic mass is 32.2. The monoisotopic (exact) mass is 310 g/mol. The number of aromatic nitrogens is 3. The summed E-state index contributed by atoms with van der Waals surface area (Å²) in [4.78, 5) is 15.1. The molecule has 1 aliphatic carbocycles. The van der Waals surface area contributed by atoms with Crippen molar-refractivity contribution in [3.05, 3.63) is 0 Å². The van der Waals surface area contributed by atoms with Crippen LogP contribution in [0.2, 0.25) is 0 Å². The lowest BCUT2D eigenvalue weighted by atomic mass is 9.95. The van der Waals surface area contributed by atoms with Crippen LogP contribution in [0.25, 0.3) is 0 Å². The van der Waals surface area contributed by atoms with E-state index in [1.807, 2.05) is 11.8 Å². The first-order valence-corrected chi connectivity index (χ1v) is 9.00. The van der Waals surface area contributed by atoms with E-state index in [9.17, 15) is 0 Å². The lowest BCUT2D eigenvalue weighted by Crippen LogP contribution is -2.30. The molecule has 1 saturated carbocycles. The van der Waals surface area contributed by atoms with Gasteiger partial charge >= 0.3 is 0 Å². The van der Waals surface area contributed by atoms with Crippen molar-refractivity contribution in [2.45, 2.75) is 50.8 Å². The van der Waals surface area contributed by atoms with Crippen LogP contribution >= 0.6 is 11.8 Å². The standard InChI is InChI=1S/C14H26N6S/c1-4-20(5-2)14-18-12(15)17-13(19-14)16-10-7-6-8-11(9-10)21-3/h10-11H,4-9H2,1-3H3,(H3,15,16,17,18,19). The molecule has 118 valence electrons. The second-order valence-electron chi connectivity index (χ2n) is 5.36. The van der Waals surface area contributed by atoms with Gasteiger partial charge in [-0.1, -0.05) is 6.42 Å². The number of hydrogen-bond donors (Lipinski definition) is 2. The molecule has 1 aromatic heterocycles. The van der Waals surface area contributed by atoms with Crippen molar-refractivity contribution >= 4 is 29.6 Å². The van der Waals surface area contributed by atoms with Gasteiger partial charge in [0.2, 0.25) is 17.8 Å². The van der Waals surface area contributed by atoms with Crippen LogP contribution in [0.1, 0.15) is 39.5 Å². The second kappa shape index (κ2) is 7.68. The number of nitrogens with two attached hydrogens (primary N) is 1. The Bertz CT molecular complexity index is 451. The fourth-order valence-corrected chi connectivity index (χ4v) is 3.59. The van der Waals surface area contributed by atoms with E-state index in [1.165, 1.54) is 19.3 Å². The minimum Gasteiger partial charge on any atom is -0.368 e. The third kappa shape index (κ3) is 4.36. The van der Waals surface area contributed by atoms with Crippen LogP contribution in [0.3, 0.4) is 0 Å². The van der Waals surface area contributed by atoms with Gasteiger partial charge in [0.25, 0.3) is 0 Å². The van der Waals surface area contributed by atoms with Crippen LogP contribution in [-0.4, -0.2) is 45.6 Å². The van der Waals surface area contributed by atoms with Gasteiger partial charge in [-0.15, -0.1) is 0 Å². The minimum atomic E-state index is 0.284. The Hall–Kier alpha value is -1.24. The lowest BCUT2D eigenvalue weighted by Gasteiger charge is -2.29. The summed E-state index contributed by atoms with van der Waals surface area (Å²) in [6.07, 6.45) is 7.08.